The summed E-state index contributed by atoms with van der Waals surface area (Å²) in [7, 11) is 0. The lowest BCUT2D eigenvalue weighted by Crippen LogP contribution is -2.22. The maximum atomic E-state index is 13.6. The van der Waals surface area contributed by atoms with Gasteiger partial charge in [0.1, 0.15) is 23.6 Å². The summed E-state index contributed by atoms with van der Waals surface area (Å²) in [5.41, 5.74) is 3.07. The molecule has 1 amide bonds. The molecule has 0 saturated carbocycles. The number of pyridine rings is 2. The number of carbonyl (C=O) groups excluding carboxylic acids is 1. The molecule has 2 aromatic carbocycles. The van der Waals surface area contributed by atoms with Crippen LogP contribution in [0.1, 0.15) is 18.2 Å². The van der Waals surface area contributed by atoms with E-state index in [1.165, 1.54) is 30.0 Å². The number of amides is 1. The summed E-state index contributed by atoms with van der Waals surface area (Å²) in [4.78, 5) is 35.0. The molecular formula is C27H22FN5O3. The molecule has 0 aliphatic rings. The van der Waals surface area contributed by atoms with Crippen LogP contribution in [0, 0.1) is 12.7 Å². The zero-order valence-electron chi connectivity index (χ0n) is 19.7. The number of carbonyl (C=O) groups is 1. The molecule has 0 bridgehead atoms. The molecule has 0 spiro atoms. The van der Waals surface area contributed by atoms with Gasteiger partial charge < -0.3 is 14.4 Å². The van der Waals surface area contributed by atoms with E-state index in [-0.39, 0.29) is 35.2 Å². The van der Waals surface area contributed by atoms with E-state index in [0.29, 0.717) is 28.0 Å². The SMILES string of the molecule is CCc1ccc(NC(=O)Cn2cc(-c3nc(-c4cccc(F)c4)no3)c(=O)c3ccc(C)nc32)cc1. The summed E-state index contributed by atoms with van der Waals surface area (Å²) in [6.45, 7) is 3.77. The van der Waals surface area contributed by atoms with E-state index in [4.69, 9.17) is 4.52 Å². The van der Waals surface area contributed by atoms with Gasteiger partial charge in [0, 0.05) is 23.1 Å². The van der Waals surface area contributed by atoms with Crippen LogP contribution >= 0.6 is 0 Å². The van der Waals surface area contributed by atoms with Crippen molar-refractivity contribution in [2.45, 2.75) is 26.8 Å². The summed E-state index contributed by atoms with van der Waals surface area (Å²) in [6, 6.07) is 16.7. The van der Waals surface area contributed by atoms with Gasteiger partial charge in [-0.05, 0) is 55.3 Å². The predicted molar refractivity (Wildman–Crippen MR) is 134 cm³/mol. The number of hydrogen-bond donors (Lipinski definition) is 1. The van der Waals surface area contributed by atoms with Crippen LogP contribution in [-0.2, 0) is 17.8 Å². The first-order valence-corrected chi connectivity index (χ1v) is 11.4. The third-order valence-corrected chi connectivity index (χ3v) is 5.76. The first-order valence-electron chi connectivity index (χ1n) is 11.4. The maximum absolute atomic E-state index is 13.6. The first kappa shape index (κ1) is 23.1. The molecule has 0 aliphatic carbocycles. The Labute approximate surface area is 205 Å². The summed E-state index contributed by atoms with van der Waals surface area (Å²) >= 11 is 0. The van der Waals surface area contributed by atoms with Crippen molar-refractivity contribution in [3.8, 4) is 22.8 Å². The van der Waals surface area contributed by atoms with E-state index < -0.39 is 5.82 Å². The van der Waals surface area contributed by atoms with Crippen molar-refractivity contribution in [2.24, 2.45) is 0 Å². The van der Waals surface area contributed by atoms with Gasteiger partial charge in [-0.2, -0.15) is 4.98 Å². The highest BCUT2D eigenvalue weighted by atomic mass is 19.1. The van der Waals surface area contributed by atoms with E-state index in [1.54, 1.807) is 29.7 Å². The Bertz CT molecular complexity index is 1640. The lowest BCUT2D eigenvalue weighted by Gasteiger charge is -2.12. The normalized spacial score (nSPS) is 11.1. The van der Waals surface area contributed by atoms with Gasteiger partial charge in [-0.25, -0.2) is 9.37 Å². The number of anilines is 1. The second-order valence-corrected chi connectivity index (χ2v) is 8.36. The molecule has 0 aliphatic heterocycles. The second kappa shape index (κ2) is 9.53. The molecule has 0 saturated heterocycles. The third-order valence-electron chi connectivity index (χ3n) is 5.76. The molecule has 5 aromatic rings. The summed E-state index contributed by atoms with van der Waals surface area (Å²) < 4.78 is 20.6. The van der Waals surface area contributed by atoms with E-state index in [9.17, 15) is 14.0 Å². The molecular weight excluding hydrogens is 461 g/mol. The van der Waals surface area contributed by atoms with Crippen LogP contribution in [0.4, 0.5) is 10.1 Å². The lowest BCUT2D eigenvalue weighted by atomic mass is 10.1. The Morgan fingerprint density at radius 2 is 1.89 bits per heavy atom. The minimum Gasteiger partial charge on any atom is -0.333 e. The minimum atomic E-state index is -0.441. The zero-order valence-corrected chi connectivity index (χ0v) is 19.7. The summed E-state index contributed by atoms with van der Waals surface area (Å²) in [5, 5.41) is 7.09. The Hall–Kier alpha value is -4.66. The second-order valence-electron chi connectivity index (χ2n) is 8.36. The highest BCUT2D eigenvalue weighted by Crippen LogP contribution is 2.23. The molecule has 36 heavy (non-hydrogen) atoms. The van der Waals surface area contributed by atoms with Crippen LogP contribution in [0.3, 0.4) is 0 Å². The van der Waals surface area contributed by atoms with Gasteiger partial charge in [0.2, 0.25) is 17.2 Å². The molecule has 0 unspecified atom stereocenters. The molecule has 3 aromatic heterocycles. The van der Waals surface area contributed by atoms with Gasteiger partial charge in [-0.1, -0.05) is 36.3 Å². The van der Waals surface area contributed by atoms with Crippen LogP contribution in [0.25, 0.3) is 33.9 Å². The van der Waals surface area contributed by atoms with Crippen LogP contribution in [0.15, 0.2) is 76.2 Å². The van der Waals surface area contributed by atoms with Gasteiger partial charge in [0.25, 0.3) is 5.89 Å². The van der Waals surface area contributed by atoms with Crippen molar-refractivity contribution in [2.75, 3.05) is 5.32 Å². The Morgan fingerprint density at radius 3 is 2.64 bits per heavy atom. The van der Waals surface area contributed by atoms with Crippen molar-refractivity contribution < 1.29 is 13.7 Å². The Kier molecular flexibility index (Phi) is 6.12. The van der Waals surface area contributed by atoms with Crippen molar-refractivity contribution in [3.05, 3.63) is 94.2 Å². The number of nitrogens with one attached hydrogen (secondary N) is 1. The highest BCUT2D eigenvalue weighted by molar-refractivity contribution is 5.91. The van der Waals surface area contributed by atoms with Crippen molar-refractivity contribution in [1.82, 2.24) is 19.7 Å². The van der Waals surface area contributed by atoms with E-state index in [0.717, 1.165) is 6.42 Å². The third kappa shape index (κ3) is 4.63. The van der Waals surface area contributed by atoms with E-state index in [1.807, 2.05) is 24.3 Å². The minimum absolute atomic E-state index is 0.0361. The fraction of sp³-hybridized carbons (Fsp3) is 0.148. The van der Waals surface area contributed by atoms with Crippen LogP contribution in [0.2, 0.25) is 0 Å². The average molecular weight is 484 g/mol. The molecule has 180 valence electrons. The van der Waals surface area contributed by atoms with Gasteiger partial charge in [0.15, 0.2) is 0 Å². The number of benzene rings is 2. The van der Waals surface area contributed by atoms with Gasteiger partial charge in [-0.3, -0.25) is 9.59 Å². The van der Waals surface area contributed by atoms with E-state index in [2.05, 4.69) is 27.4 Å². The predicted octanol–water partition coefficient (Wildman–Crippen LogP) is 4.76. The number of fused-ring (bicyclic) bond motifs is 1. The van der Waals surface area contributed by atoms with Gasteiger partial charge >= 0.3 is 0 Å². The molecule has 5 rings (SSSR count). The van der Waals surface area contributed by atoms with Crippen molar-refractivity contribution >= 4 is 22.6 Å². The first-order chi connectivity index (χ1) is 17.4. The average Bonchev–Trinajstić information content (AvgIpc) is 3.36. The number of aryl methyl sites for hydroxylation is 2. The number of aromatic nitrogens is 4. The Balaban J connectivity index is 1.52. The smallest absolute Gasteiger partial charge is 0.263 e. The quantitative estimate of drug-likeness (QED) is 0.374. The van der Waals surface area contributed by atoms with Gasteiger partial charge in [-0.15, -0.1) is 0 Å². The molecule has 0 fully saturated rings. The molecule has 9 heteroatoms. The molecule has 0 atom stereocenters. The largest absolute Gasteiger partial charge is 0.333 e. The molecule has 1 N–H and O–H groups in total. The maximum Gasteiger partial charge on any atom is 0.263 e. The fourth-order valence-electron chi connectivity index (χ4n) is 3.89. The van der Waals surface area contributed by atoms with Crippen molar-refractivity contribution in [1.29, 1.82) is 0 Å². The number of rotatable bonds is 6. The fourth-order valence-corrected chi connectivity index (χ4v) is 3.89. The van der Waals surface area contributed by atoms with Crippen molar-refractivity contribution in [3.63, 3.8) is 0 Å². The molecule has 3 heterocycles. The van der Waals surface area contributed by atoms with Crippen LogP contribution in [0.5, 0.6) is 0 Å². The van der Waals surface area contributed by atoms with E-state index >= 15 is 0 Å². The van der Waals surface area contributed by atoms with Gasteiger partial charge in [0.05, 0.1) is 5.39 Å². The summed E-state index contributed by atoms with van der Waals surface area (Å²) in [5.74, 6) is -0.620. The monoisotopic (exact) mass is 483 g/mol. The van der Waals surface area contributed by atoms with Crippen LogP contribution in [-0.4, -0.2) is 25.6 Å². The summed E-state index contributed by atoms with van der Waals surface area (Å²) in [6.07, 6.45) is 2.39. The number of halogens is 1. The molecule has 8 nitrogen and oxygen atoms in total. The zero-order chi connectivity index (χ0) is 25.2. The lowest BCUT2D eigenvalue weighted by molar-refractivity contribution is -0.116. The Morgan fingerprint density at radius 1 is 1.08 bits per heavy atom. The number of hydrogen-bond acceptors (Lipinski definition) is 6. The highest BCUT2D eigenvalue weighted by Gasteiger charge is 2.19. The standard InChI is InChI=1S/C27H22FN5O3/c1-3-17-8-10-20(11-9-17)30-23(34)15-33-14-22(24(35)21-12-7-16(2)29-26(21)33)27-31-25(32-36-27)18-5-4-6-19(28)13-18/h4-14H,3,15H2,1-2H3,(H,30,34). The van der Waals surface area contributed by atoms with Crippen LogP contribution < -0.4 is 10.7 Å². The number of nitrogens with zero attached hydrogens (tertiary/aromatic N) is 4. The molecule has 0 radical (unpaired) electrons. The topological polar surface area (TPSA) is 103 Å².